The van der Waals surface area contributed by atoms with Crippen LogP contribution in [0.25, 0.3) is 0 Å². The number of primary amides is 1. The van der Waals surface area contributed by atoms with Crippen LogP contribution >= 0.6 is 0 Å². The highest BCUT2D eigenvalue weighted by Gasteiger charge is 2.35. The molecule has 1 aliphatic carbocycles. The van der Waals surface area contributed by atoms with Crippen LogP contribution in [-0.4, -0.2) is 61.5 Å². The molecule has 3 amide bonds. The number of nitrogens with zero attached hydrogens (tertiary/aromatic N) is 2. The molecule has 1 heterocycles. The molecule has 2 fully saturated rings. The quantitative estimate of drug-likeness (QED) is 0.711. The van der Waals surface area contributed by atoms with E-state index >= 15 is 0 Å². The van der Waals surface area contributed by atoms with E-state index in [-0.39, 0.29) is 18.6 Å². The standard InChI is InChI=1S/C18H24N4O4/c1-21(13-3-2-4-13)16(17(19)24)18(25)20-12-5-7-14(8-6-12)22-9-10-26-11-15(22)23/h5-8,13,16H,2-4,9-11H2,1H3,(H2,19,24)(H,20,25)/t16-/m1/s1. The molecule has 3 rings (SSSR count). The lowest BCUT2D eigenvalue weighted by atomic mass is 9.90. The highest BCUT2D eigenvalue weighted by atomic mass is 16.5. The van der Waals surface area contributed by atoms with E-state index in [2.05, 4.69) is 5.32 Å². The molecule has 8 nitrogen and oxygen atoms in total. The third-order valence-electron chi connectivity index (χ3n) is 5.01. The molecule has 8 heteroatoms. The molecule has 140 valence electrons. The minimum absolute atomic E-state index is 0.0757. The first-order valence-electron chi connectivity index (χ1n) is 8.77. The van der Waals surface area contributed by atoms with Crippen LogP contribution in [0, 0.1) is 0 Å². The van der Waals surface area contributed by atoms with Gasteiger partial charge in [0.15, 0.2) is 6.04 Å². The number of nitrogens with one attached hydrogen (secondary N) is 1. The Balaban J connectivity index is 1.66. The first-order chi connectivity index (χ1) is 12.5. The van der Waals surface area contributed by atoms with Gasteiger partial charge in [0.2, 0.25) is 5.91 Å². The lowest BCUT2D eigenvalue weighted by molar-refractivity contribution is -0.133. The average molecular weight is 360 g/mol. The van der Waals surface area contributed by atoms with Gasteiger partial charge in [0.1, 0.15) is 6.61 Å². The zero-order valence-corrected chi connectivity index (χ0v) is 14.8. The minimum Gasteiger partial charge on any atom is -0.370 e. The molecule has 0 aromatic heterocycles. The Labute approximate surface area is 152 Å². The van der Waals surface area contributed by atoms with Crippen LogP contribution in [0.15, 0.2) is 24.3 Å². The number of carbonyl (C=O) groups excluding carboxylic acids is 3. The molecular formula is C18H24N4O4. The molecule has 0 spiro atoms. The van der Waals surface area contributed by atoms with Gasteiger partial charge in [0.05, 0.1) is 6.61 Å². The Morgan fingerprint density at radius 1 is 1.31 bits per heavy atom. The van der Waals surface area contributed by atoms with Crippen LogP contribution in [0.3, 0.4) is 0 Å². The van der Waals surface area contributed by atoms with Gasteiger partial charge in [-0.3, -0.25) is 19.3 Å². The monoisotopic (exact) mass is 360 g/mol. The van der Waals surface area contributed by atoms with Crippen molar-refractivity contribution < 1.29 is 19.1 Å². The summed E-state index contributed by atoms with van der Waals surface area (Å²) in [5, 5.41) is 2.74. The van der Waals surface area contributed by atoms with Gasteiger partial charge < -0.3 is 20.7 Å². The largest absolute Gasteiger partial charge is 0.370 e. The molecule has 1 saturated carbocycles. The SMILES string of the molecule is CN(C1CCC1)[C@H](C(N)=O)C(=O)Nc1ccc(N2CCOCC2=O)cc1. The third kappa shape index (κ3) is 3.86. The van der Waals surface area contributed by atoms with E-state index in [0.717, 1.165) is 24.9 Å². The Bertz CT molecular complexity index is 687. The number of nitrogens with two attached hydrogens (primary N) is 1. The Kier molecular flexibility index (Phi) is 5.53. The molecule has 1 aromatic carbocycles. The van der Waals surface area contributed by atoms with Crippen molar-refractivity contribution >= 4 is 29.1 Å². The number of amides is 3. The Morgan fingerprint density at radius 3 is 2.54 bits per heavy atom. The molecule has 0 unspecified atom stereocenters. The summed E-state index contributed by atoms with van der Waals surface area (Å²) in [5.74, 6) is -1.20. The maximum atomic E-state index is 12.5. The molecule has 1 atom stereocenters. The fraction of sp³-hybridized carbons (Fsp3) is 0.500. The van der Waals surface area contributed by atoms with Crippen molar-refractivity contribution in [3.8, 4) is 0 Å². The second kappa shape index (κ2) is 7.84. The maximum Gasteiger partial charge on any atom is 0.253 e. The lowest BCUT2D eigenvalue weighted by Gasteiger charge is -2.37. The Morgan fingerprint density at radius 2 is 2.00 bits per heavy atom. The summed E-state index contributed by atoms with van der Waals surface area (Å²) in [6.45, 7) is 1.07. The second-order valence-electron chi connectivity index (χ2n) is 6.69. The summed E-state index contributed by atoms with van der Waals surface area (Å²) in [4.78, 5) is 39.6. The first kappa shape index (κ1) is 18.3. The average Bonchev–Trinajstić information content (AvgIpc) is 2.54. The van der Waals surface area contributed by atoms with Gasteiger partial charge in [-0.1, -0.05) is 6.42 Å². The van der Waals surface area contributed by atoms with Crippen molar-refractivity contribution in [3.63, 3.8) is 0 Å². The predicted molar refractivity (Wildman–Crippen MR) is 96.6 cm³/mol. The lowest BCUT2D eigenvalue weighted by Crippen LogP contribution is -2.55. The summed E-state index contributed by atoms with van der Waals surface area (Å²) in [6.07, 6.45) is 3.04. The van der Waals surface area contributed by atoms with Crippen LogP contribution in [0.1, 0.15) is 19.3 Å². The van der Waals surface area contributed by atoms with Crippen molar-refractivity contribution in [2.45, 2.75) is 31.3 Å². The molecule has 1 aliphatic heterocycles. The summed E-state index contributed by atoms with van der Waals surface area (Å²) < 4.78 is 5.12. The summed E-state index contributed by atoms with van der Waals surface area (Å²) in [7, 11) is 1.76. The highest BCUT2D eigenvalue weighted by Crippen LogP contribution is 2.26. The van der Waals surface area contributed by atoms with E-state index in [9.17, 15) is 14.4 Å². The zero-order chi connectivity index (χ0) is 18.7. The van der Waals surface area contributed by atoms with Gasteiger partial charge in [-0.15, -0.1) is 0 Å². The molecule has 26 heavy (non-hydrogen) atoms. The maximum absolute atomic E-state index is 12.5. The number of hydrogen-bond acceptors (Lipinski definition) is 5. The fourth-order valence-corrected chi connectivity index (χ4v) is 3.25. The topological polar surface area (TPSA) is 105 Å². The van der Waals surface area contributed by atoms with Crippen molar-refractivity contribution in [3.05, 3.63) is 24.3 Å². The number of anilines is 2. The summed E-state index contributed by atoms with van der Waals surface area (Å²) in [6, 6.07) is 6.14. The van der Waals surface area contributed by atoms with Gasteiger partial charge in [-0.25, -0.2) is 0 Å². The number of hydrogen-bond donors (Lipinski definition) is 2. The summed E-state index contributed by atoms with van der Waals surface area (Å²) in [5.41, 5.74) is 6.74. The van der Waals surface area contributed by atoms with Crippen molar-refractivity contribution in [2.24, 2.45) is 5.73 Å². The number of ether oxygens (including phenoxy) is 1. The number of benzene rings is 1. The van der Waals surface area contributed by atoms with Gasteiger partial charge in [0, 0.05) is 24.0 Å². The smallest absolute Gasteiger partial charge is 0.253 e. The van der Waals surface area contributed by atoms with Crippen molar-refractivity contribution in [1.82, 2.24) is 4.90 Å². The molecule has 1 aromatic rings. The van der Waals surface area contributed by atoms with Crippen LogP contribution in [0.5, 0.6) is 0 Å². The second-order valence-corrected chi connectivity index (χ2v) is 6.69. The molecule has 3 N–H and O–H groups in total. The zero-order valence-electron chi connectivity index (χ0n) is 14.8. The van der Waals surface area contributed by atoms with Crippen molar-refractivity contribution in [2.75, 3.05) is 37.0 Å². The molecule has 2 aliphatic rings. The Hall–Kier alpha value is -2.45. The minimum atomic E-state index is -0.999. The molecule has 1 saturated heterocycles. The van der Waals surface area contributed by atoms with E-state index in [4.69, 9.17) is 10.5 Å². The molecular weight excluding hydrogens is 336 g/mol. The van der Waals surface area contributed by atoms with Crippen LogP contribution < -0.4 is 16.0 Å². The van der Waals surface area contributed by atoms with Crippen LogP contribution in [0.2, 0.25) is 0 Å². The van der Waals surface area contributed by atoms with E-state index in [1.807, 2.05) is 0 Å². The highest BCUT2D eigenvalue weighted by molar-refractivity contribution is 6.09. The van der Waals surface area contributed by atoms with E-state index < -0.39 is 17.9 Å². The van der Waals surface area contributed by atoms with E-state index in [0.29, 0.717) is 18.8 Å². The van der Waals surface area contributed by atoms with E-state index in [1.165, 1.54) is 0 Å². The van der Waals surface area contributed by atoms with Gasteiger partial charge >= 0.3 is 0 Å². The number of morpholine rings is 1. The molecule has 0 bridgehead atoms. The first-order valence-corrected chi connectivity index (χ1v) is 8.77. The summed E-state index contributed by atoms with van der Waals surface area (Å²) >= 11 is 0. The normalized spacial score (nSPS) is 19.2. The molecule has 0 radical (unpaired) electrons. The fourth-order valence-electron chi connectivity index (χ4n) is 3.25. The number of likely N-dealkylation sites (N-methyl/N-ethyl adjacent to an activating group) is 1. The van der Waals surface area contributed by atoms with E-state index in [1.54, 1.807) is 41.1 Å². The van der Waals surface area contributed by atoms with Crippen LogP contribution in [-0.2, 0) is 19.1 Å². The van der Waals surface area contributed by atoms with Gasteiger partial charge in [-0.05, 0) is 44.2 Å². The number of rotatable bonds is 6. The van der Waals surface area contributed by atoms with Gasteiger partial charge in [0.25, 0.3) is 11.8 Å². The van der Waals surface area contributed by atoms with Gasteiger partial charge in [-0.2, -0.15) is 0 Å². The van der Waals surface area contributed by atoms with Crippen molar-refractivity contribution in [1.29, 1.82) is 0 Å². The predicted octanol–water partition coefficient (Wildman–Crippen LogP) is 0.327. The number of carbonyl (C=O) groups is 3. The van der Waals surface area contributed by atoms with Crippen LogP contribution in [0.4, 0.5) is 11.4 Å². The third-order valence-corrected chi connectivity index (χ3v) is 5.01.